The average molecular weight is 277 g/mol. The van der Waals surface area contributed by atoms with E-state index in [0.717, 1.165) is 17.1 Å². The van der Waals surface area contributed by atoms with E-state index in [1.165, 1.54) is 0 Å². The molecule has 1 heterocycles. The Morgan fingerprint density at radius 1 is 1.00 bits per heavy atom. The van der Waals surface area contributed by atoms with Gasteiger partial charge in [0, 0.05) is 6.54 Å². The molecule has 0 unspecified atom stereocenters. The zero-order valence-electron chi connectivity index (χ0n) is 11.7. The third-order valence-corrected chi connectivity index (χ3v) is 2.95. The fourth-order valence-corrected chi connectivity index (χ4v) is 1.92. The smallest absolute Gasteiger partial charge is 0.161 e. The van der Waals surface area contributed by atoms with Gasteiger partial charge in [0.25, 0.3) is 0 Å². The van der Waals surface area contributed by atoms with Gasteiger partial charge in [-0.15, -0.1) is 0 Å². The first-order valence-electron chi connectivity index (χ1n) is 6.37. The first-order chi connectivity index (χ1) is 9.76. The van der Waals surface area contributed by atoms with Crippen molar-refractivity contribution in [2.45, 2.75) is 19.7 Å². The highest BCUT2D eigenvalue weighted by atomic mass is 16.5. The second-order valence-corrected chi connectivity index (χ2v) is 4.32. The van der Waals surface area contributed by atoms with Gasteiger partial charge in [-0.2, -0.15) is 0 Å². The van der Waals surface area contributed by atoms with Gasteiger partial charge in [0.1, 0.15) is 18.1 Å². The topological polar surface area (TPSA) is 63.9 Å². The standard InChI is InChI=1S/C15H19NO4/c1-18-14-6-3-11(7-15(14)19-2)8-16-9-12-4-5-13(10-17)20-12/h3-7,16-17H,8-10H2,1-2H3. The van der Waals surface area contributed by atoms with Gasteiger partial charge in [-0.1, -0.05) is 6.07 Å². The van der Waals surface area contributed by atoms with E-state index >= 15 is 0 Å². The molecular weight excluding hydrogens is 258 g/mol. The van der Waals surface area contributed by atoms with Gasteiger partial charge in [-0.3, -0.25) is 0 Å². The summed E-state index contributed by atoms with van der Waals surface area (Å²) in [5, 5.41) is 12.2. The number of hydrogen-bond donors (Lipinski definition) is 2. The summed E-state index contributed by atoms with van der Waals surface area (Å²) in [6.45, 7) is 1.22. The van der Waals surface area contributed by atoms with Crippen molar-refractivity contribution in [1.82, 2.24) is 5.32 Å². The van der Waals surface area contributed by atoms with Gasteiger partial charge in [0.05, 0.1) is 20.8 Å². The van der Waals surface area contributed by atoms with Crippen LogP contribution in [0.3, 0.4) is 0 Å². The van der Waals surface area contributed by atoms with E-state index in [0.29, 0.717) is 24.6 Å². The lowest BCUT2D eigenvalue weighted by Crippen LogP contribution is -2.12. The van der Waals surface area contributed by atoms with E-state index in [9.17, 15) is 0 Å². The number of aliphatic hydroxyl groups is 1. The molecule has 0 aliphatic rings. The number of hydrogen-bond acceptors (Lipinski definition) is 5. The molecule has 1 aromatic carbocycles. The third-order valence-electron chi connectivity index (χ3n) is 2.95. The van der Waals surface area contributed by atoms with Crippen molar-refractivity contribution in [3.8, 4) is 11.5 Å². The Hall–Kier alpha value is -1.98. The van der Waals surface area contributed by atoms with Crippen molar-refractivity contribution in [3.63, 3.8) is 0 Å². The van der Waals surface area contributed by atoms with Crippen LogP contribution < -0.4 is 14.8 Å². The van der Waals surface area contributed by atoms with Crippen molar-refractivity contribution in [3.05, 3.63) is 47.4 Å². The van der Waals surface area contributed by atoms with E-state index in [4.69, 9.17) is 19.0 Å². The zero-order valence-corrected chi connectivity index (χ0v) is 11.7. The lowest BCUT2D eigenvalue weighted by molar-refractivity contribution is 0.242. The van der Waals surface area contributed by atoms with Gasteiger partial charge < -0.3 is 24.3 Å². The highest BCUT2D eigenvalue weighted by molar-refractivity contribution is 5.42. The number of methoxy groups -OCH3 is 2. The molecule has 0 bridgehead atoms. The van der Waals surface area contributed by atoms with Gasteiger partial charge in [-0.05, 0) is 29.8 Å². The van der Waals surface area contributed by atoms with Gasteiger partial charge in [0.2, 0.25) is 0 Å². The minimum atomic E-state index is -0.0737. The maximum atomic E-state index is 8.92. The van der Waals surface area contributed by atoms with Crippen LogP contribution in [0.15, 0.2) is 34.7 Å². The van der Waals surface area contributed by atoms with E-state index in [-0.39, 0.29) is 6.61 Å². The lowest BCUT2D eigenvalue weighted by atomic mass is 10.2. The molecule has 0 radical (unpaired) electrons. The number of aliphatic hydroxyl groups excluding tert-OH is 1. The molecule has 0 saturated heterocycles. The van der Waals surface area contributed by atoms with Crippen molar-refractivity contribution < 1.29 is 19.0 Å². The van der Waals surface area contributed by atoms with Crippen LogP contribution in [0.1, 0.15) is 17.1 Å². The van der Waals surface area contributed by atoms with E-state index < -0.39 is 0 Å². The number of furan rings is 1. The Kier molecular flexibility index (Phi) is 5.03. The van der Waals surface area contributed by atoms with Gasteiger partial charge >= 0.3 is 0 Å². The summed E-state index contributed by atoms with van der Waals surface area (Å²) in [6, 6.07) is 9.43. The SMILES string of the molecule is COc1ccc(CNCc2ccc(CO)o2)cc1OC. The summed E-state index contributed by atoms with van der Waals surface area (Å²) in [5.41, 5.74) is 1.09. The fourth-order valence-electron chi connectivity index (χ4n) is 1.92. The molecule has 2 aromatic rings. The van der Waals surface area contributed by atoms with Gasteiger partial charge in [0.15, 0.2) is 11.5 Å². The zero-order chi connectivity index (χ0) is 14.4. The highest BCUT2D eigenvalue weighted by Gasteiger charge is 2.05. The van der Waals surface area contributed by atoms with Crippen LogP contribution in [0.25, 0.3) is 0 Å². The summed E-state index contributed by atoms with van der Waals surface area (Å²) >= 11 is 0. The monoisotopic (exact) mass is 277 g/mol. The Labute approximate surface area is 118 Å². The lowest BCUT2D eigenvalue weighted by Gasteiger charge is -2.09. The highest BCUT2D eigenvalue weighted by Crippen LogP contribution is 2.27. The van der Waals surface area contributed by atoms with E-state index in [2.05, 4.69) is 5.32 Å². The number of nitrogens with one attached hydrogen (secondary N) is 1. The van der Waals surface area contributed by atoms with E-state index in [1.807, 2.05) is 24.3 Å². The molecule has 1 aromatic heterocycles. The molecule has 108 valence electrons. The molecular formula is C15H19NO4. The van der Waals surface area contributed by atoms with E-state index in [1.54, 1.807) is 20.3 Å². The first-order valence-corrected chi connectivity index (χ1v) is 6.37. The molecule has 0 spiro atoms. The normalized spacial score (nSPS) is 10.6. The van der Waals surface area contributed by atoms with Crippen LogP contribution in [0.5, 0.6) is 11.5 Å². The fraction of sp³-hybridized carbons (Fsp3) is 0.333. The quantitative estimate of drug-likeness (QED) is 0.811. The summed E-state index contributed by atoms with van der Waals surface area (Å²) < 4.78 is 15.9. The predicted molar refractivity (Wildman–Crippen MR) is 74.7 cm³/mol. The molecule has 0 atom stereocenters. The third kappa shape index (κ3) is 3.53. The summed E-state index contributed by atoms with van der Waals surface area (Å²) in [6.07, 6.45) is 0. The molecule has 0 fully saturated rings. The molecule has 0 saturated carbocycles. The average Bonchev–Trinajstić information content (AvgIpc) is 2.95. The van der Waals surface area contributed by atoms with Crippen molar-refractivity contribution in [2.24, 2.45) is 0 Å². The largest absolute Gasteiger partial charge is 0.493 e. The Morgan fingerprint density at radius 3 is 2.40 bits per heavy atom. The summed E-state index contributed by atoms with van der Waals surface area (Å²) in [4.78, 5) is 0. The summed E-state index contributed by atoms with van der Waals surface area (Å²) in [7, 11) is 3.24. The van der Waals surface area contributed by atoms with Crippen LogP contribution in [0, 0.1) is 0 Å². The second kappa shape index (κ2) is 6.98. The molecule has 0 amide bonds. The van der Waals surface area contributed by atoms with Crippen molar-refractivity contribution >= 4 is 0 Å². The molecule has 2 N–H and O–H groups in total. The number of benzene rings is 1. The Balaban J connectivity index is 1.90. The Morgan fingerprint density at radius 2 is 1.75 bits per heavy atom. The number of ether oxygens (including phenoxy) is 2. The molecule has 0 aliphatic carbocycles. The first kappa shape index (κ1) is 14.4. The Bertz CT molecular complexity index is 551. The minimum absolute atomic E-state index is 0.0737. The van der Waals surface area contributed by atoms with Crippen LogP contribution >= 0.6 is 0 Å². The van der Waals surface area contributed by atoms with Crippen molar-refractivity contribution in [1.29, 1.82) is 0 Å². The summed E-state index contributed by atoms with van der Waals surface area (Å²) in [5.74, 6) is 2.81. The maximum Gasteiger partial charge on any atom is 0.161 e. The number of rotatable bonds is 7. The second-order valence-electron chi connectivity index (χ2n) is 4.32. The molecule has 5 heteroatoms. The maximum absolute atomic E-state index is 8.92. The predicted octanol–water partition coefficient (Wildman–Crippen LogP) is 2.08. The van der Waals surface area contributed by atoms with Gasteiger partial charge in [-0.25, -0.2) is 0 Å². The molecule has 5 nitrogen and oxygen atoms in total. The van der Waals surface area contributed by atoms with Crippen LogP contribution in [0.2, 0.25) is 0 Å². The van der Waals surface area contributed by atoms with Crippen LogP contribution in [-0.2, 0) is 19.7 Å². The molecule has 20 heavy (non-hydrogen) atoms. The van der Waals surface area contributed by atoms with Crippen LogP contribution in [0.4, 0.5) is 0 Å². The van der Waals surface area contributed by atoms with Crippen molar-refractivity contribution in [2.75, 3.05) is 14.2 Å². The molecule has 2 rings (SSSR count). The minimum Gasteiger partial charge on any atom is -0.493 e. The molecule has 0 aliphatic heterocycles. The van der Waals surface area contributed by atoms with Crippen LogP contribution in [-0.4, -0.2) is 19.3 Å².